The molecule has 2 aromatic rings. The van der Waals surface area contributed by atoms with E-state index in [1.165, 1.54) is 0 Å². The third-order valence-electron chi connectivity index (χ3n) is 3.15. The third kappa shape index (κ3) is 2.56. The topological polar surface area (TPSA) is 61.0 Å². The summed E-state index contributed by atoms with van der Waals surface area (Å²) < 4.78 is 10.6. The minimum Gasteiger partial charge on any atom is -0.381 e. The van der Waals surface area contributed by atoms with E-state index in [1.807, 2.05) is 18.3 Å². The first-order valence-electron chi connectivity index (χ1n) is 6.21. The Morgan fingerprint density at radius 1 is 1.28 bits per heavy atom. The van der Waals surface area contributed by atoms with Crippen molar-refractivity contribution in [1.29, 1.82) is 0 Å². The van der Waals surface area contributed by atoms with E-state index in [0.29, 0.717) is 18.2 Å². The lowest BCUT2D eigenvalue weighted by Crippen LogP contribution is -2.15. The molecular formula is C13H15N3O2. The van der Waals surface area contributed by atoms with Gasteiger partial charge in [-0.15, -0.1) is 0 Å². The standard InChI is InChI=1S/C13H15N3O2/c1-2-10(9-14-5-1)8-12-15-13(16-18-12)11-3-6-17-7-4-11/h1-2,5,9,11H,3-4,6-8H2. The molecule has 94 valence electrons. The van der Waals surface area contributed by atoms with Crippen molar-refractivity contribution in [2.24, 2.45) is 0 Å². The van der Waals surface area contributed by atoms with Crippen LogP contribution in [0.15, 0.2) is 29.0 Å². The molecule has 0 aromatic carbocycles. The van der Waals surface area contributed by atoms with Gasteiger partial charge in [-0.3, -0.25) is 4.98 Å². The van der Waals surface area contributed by atoms with Crippen molar-refractivity contribution in [3.05, 3.63) is 41.8 Å². The van der Waals surface area contributed by atoms with Gasteiger partial charge in [0.15, 0.2) is 5.82 Å². The molecule has 1 aliphatic rings. The van der Waals surface area contributed by atoms with Gasteiger partial charge in [-0.05, 0) is 24.5 Å². The van der Waals surface area contributed by atoms with Crippen LogP contribution in [0.2, 0.25) is 0 Å². The molecule has 3 heterocycles. The fourth-order valence-electron chi connectivity index (χ4n) is 2.14. The average Bonchev–Trinajstić information content (AvgIpc) is 2.89. The van der Waals surface area contributed by atoms with Gasteiger partial charge in [-0.1, -0.05) is 11.2 Å². The molecule has 3 rings (SSSR count). The van der Waals surface area contributed by atoms with Crippen molar-refractivity contribution >= 4 is 0 Å². The van der Waals surface area contributed by atoms with E-state index in [9.17, 15) is 0 Å². The van der Waals surface area contributed by atoms with Crippen LogP contribution in [0.4, 0.5) is 0 Å². The van der Waals surface area contributed by atoms with Crippen LogP contribution < -0.4 is 0 Å². The lowest BCUT2D eigenvalue weighted by molar-refractivity contribution is 0.0830. The highest BCUT2D eigenvalue weighted by molar-refractivity contribution is 5.13. The van der Waals surface area contributed by atoms with Crippen molar-refractivity contribution in [3.63, 3.8) is 0 Å². The molecule has 5 nitrogen and oxygen atoms in total. The van der Waals surface area contributed by atoms with Gasteiger partial charge in [0.05, 0.1) is 6.42 Å². The number of hydrogen-bond donors (Lipinski definition) is 0. The van der Waals surface area contributed by atoms with Crippen molar-refractivity contribution < 1.29 is 9.26 Å². The number of hydrogen-bond acceptors (Lipinski definition) is 5. The van der Waals surface area contributed by atoms with Crippen molar-refractivity contribution in [2.45, 2.75) is 25.2 Å². The zero-order valence-corrected chi connectivity index (χ0v) is 10.1. The summed E-state index contributed by atoms with van der Waals surface area (Å²) in [6, 6.07) is 3.91. The first-order valence-corrected chi connectivity index (χ1v) is 6.21. The van der Waals surface area contributed by atoms with E-state index in [0.717, 1.165) is 37.4 Å². The van der Waals surface area contributed by atoms with Crippen LogP contribution >= 0.6 is 0 Å². The first-order chi connectivity index (χ1) is 8.92. The van der Waals surface area contributed by atoms with Gasteiger partial charge in [-0.25, -0.2) is 0 Å². The number of ether oxygens (including phenoxy) is 1. The van der Waals surface area contributed by atoms with Crippen LogP contribution in [0, 0.1) is 0 Å². The molecule has 0 amide bonds. The van der Waals surface area contributed by atoms with Crippen molar-refractivity contribution in [1.82, 2.24) is 15.1 Å². The summed E-state index contributed by atoms with van der Waals surface area (Å²) >= 11 is 0. The monoisotopic (exact) mass is 245 g/mol. The summed E-state index contributed by atoms with van der Waals surface area (Å²) in [4.78, 5) is 8.54. The molecule has 0 saturated carbocycles. The number of rotatable bonds is 3. The number of aromatic nitrogens is 3. The summed E-state index contributed by atoms with van der Waals surface area (Å²) in [6.07, 6.45) is 6.17. The van der Waals surface area contributed by atoms with Gasteiger partial charge in [0.1, 0.15) is 0 Å². The predicted molar refractivity (Wildman–Crippen MR) is 64.1 cm³/mol. The van der Waals surface area contributed by atoms with Gasteiger partial charge >= 0.3 is 0 Å². The van der Waals surface area contributed by atoms with Gasteiger partial charge in [0, 0.05) is 31.5 Å². The summed E-state index contributed by atoms with van der Waals surface area (Å²) in [5, 5.41) is 4.07. The van der Waals surface area contributed by atoms with E-state index in [2.05, 4.69) is 15.1 Å². The minimum absolute atomic E-state index is 0.380. The quantitative estimate of drug-likeness (QED) is 0.827. The molecule has 0 bridgehead atoms. The molecule has 1 fully saturated rings. The Morgan fingerprint density at radius 3 is 2.94 bits per heavy atom. The van der Waals surface area contributed by atoms with Gasteiger partial charge < -0.3 is 9.26 Å². The van der Waals surface area contributed by atoms with Crippen LogP contribution in [0.25, 0.3) is 0 Å². The van der Waals surface area contributed by atoms with Crippen LogP contribution in [-0.4, -0.2) is 28.3 Å². The lowest BCUT2D eigenvalue weighted by atomic mass is 10.00. The Balaban J connectivity index is 1.69. The van der Waals surface area contributed by atoms with E-state index in [4.69, 9.17) is 9.26 Å². The maximum atomic E-state index is 5.33. The van der Waals surface area contributed by atoms with Gasteiger partial charge in [-0.2, -0.15) is 4.98 Å². The molecule has 0 atom stereocenters. The summed E-state index contributed by atoms with van der Waals surface area (Å²) in [5.74, 6) is 1.85. The molecule has 0 aliphatic carbocycles. The molecule has 0 spiro atoms. The Bertz CT molecular complexity index is 492. The Morgan fingerprint density at radius 2 is 2.17 bits per heavy atom. The van der Waals surface area contributed by atoms with E-state index >= 15 is 0 Å². The molecule has 0 N–H and O–H groups in total. The van der Waals surface area contributed by atoms with Crippen LogP contribution in [-0.2, 0) is 11.2 Å². The smallest absolute Gasteiger partial charge is 0.231 e. The van der Waals surface area contributed by atoms with Crippen LogP contribution in [0.5, 0.6) is 0 Å². The molecular weight excluding hydrogens is 230 g/mol. The molecule has 0 radical (unpaired) electrons. The minimum atomic E-state index is 0.380. The molecule has 5 heteroatoms. The zero-order valence-electron chi connectivity index (χ0n) is 10.1. The molecule has 0 unspecified atom stereocenters. The highest BCUT2D eigenvalue weighted by Crippen LogP contribution is 2.24. The second kappa shape index (κ2) is 5.27. The SMILES string of the molecule is c1cncc(Cc2nc(C3CCOCC3)no2)c1. The summed E-state index contributed by atoms with van der Waals surface area (Å²) in [5.41, 5.74) is 1.08. The Kier molecular flexibility index (Phi) is 3.32. The van der Waals surface area contributed by atoms with E-state index in [1.54, 1.807) is 6.20 Å². The molecule has 18 heavy (non-hydrogen) atoms. The number of pyridine rings is 1. The average molecular weight is 245 g/mol. The van der Waals surface area contributed by atoms with Gasteiger partial charge in [0.2, 0.25) is 5.89 Å². The lowest BCUT2D eigenvalue weighted by Gasteiger charge is -2.18. The summed E-state index contributed by atoms with van der Waals surface area (Å²) in [6.45, 7) is 1.58. The fraction of sp³-hybridized carbons (Fsp3) is 0.462. The Labute approximate surface area is 105 Å². The number of nitrogens with zero attached hydrogens (tertiary/aromatic N) is 3. The zero-order chi connectivity index (χ0) is 12.2. The van der Waals surface area contributed by atoms with E-state index < -0.39 is 0 Å². The maximum absolute atomic E-state index is 5.33. The predicted octanol–water partition coefficient (Wildman–Crippen LogP) is 1.95. The third-order valence-corrected chi connectivity index (χ3v) is 3.15. The second-order valence-corrected chi connectivity index (χ2v) is 4.47. The highest BCUT2D eigenvalue weighted by Gasteiger charge is 2.21. The molecule has 1 aliphatic heterocycles. The Hall–Kier alpha value is -1.75. The highest BCUT2D eigenvalue weighted by atomic mass is 16.5. The largest absolute Gasteiger partial charge is 0.381 e. The van der Waals surface area contributed by atoms with Crippen molar-refractivity contribution in [2.75, 3.05) is 13.2 Å². The van der Waals surface area contributed by atoms with Crippen molar-refractivity contribution in [3.8, 4) is 0 Å². The van der Waals surface area contributed by atoms with E-state index in [-0.39, 0.29) is 0 Å². The maximum Gasteiger partial charge on any atom is 0.231 e. The first kappa shape index (κ1) is 11.3. The molecule has 1 saturated heterocycles. The van der Waals surface area contributed by atoms with Crippen LogP contribution in [0.3, 0.4) is 0 Å². The van der Waals surface area contributed by atoms with Crippen LogP contribution in [0.1, 0.15) is 36.0 Å². The molecule has 2 aromatic heterocycles. The fourth-order valence-corrected chi connectivity index (χ4v) is 2.14. The normalized spacial score (nSPS) is 16.9. The second-order valence-electron chi connectivity index (χ2n) is 4.47. The summed E-state index contributed by atoms with van der Waals surface area (Å²) in [7, 11) is 0. The van der Waals surface area contributed by atoms with Gasteiger partial charge in [0.25, 0.3) is 0 Å².